The lowest BCUT2D eigenvalue weighted by Crippen LogP contribution is -2.50. The van der Waals surface area contributed by atoms with Crippen LogP contribution in [0.3, 0.4) is 0 Å². The molecule has 14 heavy (non-hydrogen) atoms. The highest BCUT2D eigenvalue weighted by Gasteiger charge is 2.26. The highest BCUT2D eigenvalue weighted by atomic mass is 15.2. The van der Waals surface area contributed by atoms with Crippen LogP contribution in [0.4, 0.5) is 0 Å². The molecule has 0 aromatic heterocycles. The van der Waals surface area contributed by atoms with Gasteiger partial charge in [0, 0.05) is 18.6 Å². The van der Waals surface area contributed by atoms with Gasteiger partial charge in [-0.15, -0.1) is 0 Å². The summed E-state index contributed by atoms with van der Waals surface area (Å²) in [5, 5.41) is 0. The van der Waals surface area contributed by atoms with Crippen LogP contribution in [-0.4, -0.2) is 30.1 Å². The fourth-order valence-corrected chi connectivity index (χ4v) is 2.36. The first-order valence-electron chi connectivity index (χ1n) is 6.00. The van der Waals surface area contributed by atoms with E-state index in [1.54, 1.807) is 0 Å². The number of nitrogens with two attached hydrogens (primary N) is 1. The summed E-state index contributed by atoms with van der Waals surface area (Å²) in [6.07, 6.45) is 2.56. The molecular formula is C12H26N2. The lowest BCUT2D eigenvalue weighted by molar-refractivity contribution is 0.116. The normalized spacial score (nSPS) is 32.1. The van der Waals surface area contributed by atoms with Crippen molar-refractivity contribution >= 4 is 0 Å². The van der Waals surface area contributed by atoms with Crippen LogP contribution < -0.4 is 5.73 Å². The third-order valence-corrected chi connectivity index (χ3v) is 3.48. The second kappa shape index (κ2) is 5.13. The number of piperidine rings is 1. The molecule has 2 nitrogen and oxygen atoms in total. The zero-order valence-electron chi connectivity index (χ0n) is 10.2. The molecule has 0 spiro atoms. The van der Waals surface area contributed by atoms with Crippen LogP contribution in [0.15, 0.2) is 0 Å². The Labute approximate surface area is 88.8 Å². The highest BCUT2D eigenvalue weighted by molar-refractivity contribution is 4.83. The summed E-state index contributed by atoms with van der Waals surface area (Å²) in [6.45, 7) is 11.5. The molecule has 0 aromatic rings. The van der Waals surface area contributed by atoms with Gasteiger partial charge in [-0.1, -0.05) is 20.8 Å². The number of likely N-dealkylation sites (tertiary alicyclic amines) is 1. The fraction of sp³-hybridized carbons (Fsp3) is 1.00. The number of rotatable bonds is 3. The van der Waals surface area contributed by atoms with Gasteiger partial charge in [0.25, 0.3) is 0 Å². The van der Waals surface area contributed by atoms with Crippen molar-refractivity contribution < 1.29 is 0 Å². The molecule has 0 radical (unpaired) electrons. The van der Waals surface area contributed by atoms with Gasteiger partial charge >= 0.3 is 0 Å². The molecule has 1 fully saturated rings. The molecule has 2 heteroatoms. The average Bonchev–Trinajstić information content (AvgIpc) is 2.08. The molecule has 1 aliphatic rings. The Hall–Kier alpha value is -0.0800. The summed E-state index contributed by atoms with van der Waals surface area (Å²) in [6, 6.07) is 1.09. The Morgan fingerprint density at radius 1 is 1.36 bits per heavy atom. The molecule has 3 atom stereocenters. The molecule has 0 aromatic carbocycles. The van der Waals surface area contributed by atoms with E-state index in [-0.39, 0.29) is 0 Å². The van der Waals surface area contributed by atoms with Gasteiger partial charge in [-0.25, -0.2) is 0 Å². The van der Waals surface area contributed by atoms with Gasteiger partial charge in [0.15, 0.2) is 0 Å². The first-order chi connectivity index (χ1) is 6.50. The summed E-state index contributed by atoms with van der Waals surface area (Å²) >= 11 is 0. The second-order valence-electron chi connectivity index (χ2n) is 5.40. The summed E-state index contributed by atoms with van der Waals surface area (Å²) in [5.41, 5.74) is 6.10. The Bertz CT molecular complexity index is 168. The van der Waals surface area contributed by atoms with E-state index >= 15 is 0 Å². The third-order valence-electron chi connectivity index (χ3n) is 3.48. The van der Waals surface area contributed by atoms with E-state index in [4.69, 9.17) is 5.73 Å². The third kappa shape index (κ3) is 3.25. The quantitative estimate of drug-likeness (QED) is 0.752. The minimum atomic E-state index is 0.387. The van der Waals surface area contributed by atoms with Crippen molar-refractivity contribution in [1.82, 2.24) is 4.90 Å². The molecule has 1 heterocycles. The van der Waals surface area contributed by atoms with E-state index in [1.807, 2.05) is 0 Å². The summed E-state index contributed by atoms with van der Waals surface area (Å²) in [5.74, 6) is 1.50. The van der Waals surface area contributed by atoms with Gasteiger partial charge in [0.1, 0.15) is 0 Å². The van der Waals surface area contributed by atoms with Crippen molar-refractivity contribution in [3.05, 3.63) is 0 Å². The molecular weight excluding hydrogens is 172 g/mol. The topological polar surface area (TPSA) is 29.3 Å². The molecule has 0 aliphatic carbocycles. The maximum Gasteiger partial charge on any atom is 0.0194 e. The maximum absolute atomic E-state index is 6.10. The lowest BCUT2D eigenvalue weighted by Gasteiger charge is -2.39. The van der Waals surface area contributed by atoms with E-state index in [2.05, 4.69) is 32.6 Å². The molecule has 0 bridgehead atoms. The molecule has 84 valence electrons. The molecule has 1 saturated heterocycles. The smallest absolute Gasteiger partial charge is 0.0194 e. The van der Waals surface area contributed by atoms with Crippen LogP contribution >= 0.6 is 0 Å². The maximum atomic E-state index is 6.10. The van der Waals surface area contributed by atoms with Crippen molar-refractivity contribution in [3.8, 4) is 0 Å². The molecule has 1 rings (SSSR count). The number of nitrogens with zero attached hydrogens (tertiary/aromatic N) is 1. The monoisotopic (exact) mass is 198 g/mol. The van der Waals surface area contributed by atoms with E-state index in [0.717, 1.165) is 12.5 Å². The minimum Gasteiger partial charge on any atom is -0.326 e. The van der Waals surface area contributed by atoms with Gasteiger partial charge in [-0.05, 0) is 38.1 Å². The average molecular weight is 198 g/mol. The second-order valence-corrected chi connectivity index (χ2v) is 5.40. The SMILES string of the molecule is CC(C)CC(C)N1CCC(C)C(N)C1. The lowest BCUT2D eigenvalue weighted by atomic mass is 9.92. The van der Waals surface area contributed by atoms with E-state index in [1.165, 1.54) is 19.4 Å². The first-order valence-corrected chi connectivity index (χ1v) is 6.00. The van der Waals surface area contributed by atoms with Gasteiger partial charge < -0.3 is 5.73 Å². The van der Waals surface area contributed by atoms with Gasteiger partial charge in [0.2, 0.25) is 0 Å². The summed E-state index contributed by atoms with van der Waals surface area (Å²) < 4.78 is 0. The minimum absolute atomic E-state index is 0.387. The van der Waals surface area contributed by atoms with Crippen LogP contribution in [0.5, 0.6) is 0 Å². The van der Waals surface area contributed by atoms with Crippen molar-refractivity contribution in [2.75, 3.05) is 13.1 Å². The first kappa shape index (κ1) is 12.0. The zero-order chi connectivity index (χ0) is 10.7. The molecule has 0 saturated carbocycles. The van der Waals surface area contributed by atoms with Crippen molar-refractivity contribution in [1.29, 1.82) is 0 Å². The molecule has 3 unspecified atom stereocenters. The predicted molar refractivity (Wildman–Crippen MR) is 62.2 cm³/mol. The Morgan fingerprint density at radius 3 is 2.50 bits per heavy atom. The van der Waals surface area contributed by atoms with Crippen LogP contribution in [0.2, 0.25) is 0 Å². The number of hydrogen-bond donors (Lipinski definition) is 1. The largest absolute Gasteiger partial charge is 0.326 e. The van der Waals surface area contributed by atoms with Crippen molar-refractivity contribution in [2.45, 2.75) is 52.6 Å². The van der Waals surface area contributed by atoms with Crippen LogP contribution in [0.1, 0.15) is 40.5 Å². The Morgan fingerprint density at radius 2 is 2.00 bits per heavy atom. The molecule has 0 amide bonds. The molecule has 1 aliphatic heterocycles. The van der Waals surface area contributed by atoms with Crippen LogP contribution in [0, 0.1) is 11.8 Å². The number of hydrogen-bond acceptors (Lipinski definition) is 2. The molecule has 2 N–H and O–H groups in total. The van der Waals surface area contributed by atoms with Crippen molar-refractivity contribution in [2.24, 2.45) is 17.6 Å². The van der Waals surface area contributed by atoms with E-state index in [0.29, 0.717) is 18.0 Å². The van der Waals surface area contributed by atoms with E-state index in [9.17, 15) is 0 Å². The Kier molecular flexibility index (Phi) is 4.39. The van der Waals surface area contributed by atoms with Gasteiger partial charge in [-0.3, -0.25) is 4.90 Å². The van der Waals surface area contributed by atoms with Crippen LogP contribution in [0.25, 0.3) is 0 Å². The van der Waals surface area contributed by atoms with Crippen molar-refractivity contribution in [3.63, 3.8) is 0 Å². The van der Waals surface area contributed by atoms with E-state index < -0.39 is 0 Å². The Balaban J connectivity index is 2.38. The standard InChI is InChI=1S/C12H26N2/c1-9(2)7-11(4)14-6-5-10(3)12(13)8-14/h9-12H,5-8,13H2,1-4H3. The highest BCUT2D eigenvalue weighted by Crippen LogP contribution is 2.20. The van der Waals surface area contributed by atoms with Crippen LogP contribution in [-0.2, 0) is 0 Å². The zero-order valence-corrected chi connectivity index (χ0v) is 10.2. The summed E-state index contributed by atoms with van der Waals surface area (Å²) in [7, 11) is 0. The van der Waals surface area contributed by atoms with Gasteiger partial charge in [-0.2, -0.15) is 0 Å². The summed E-state index contributed by atoms with van der Waals surface area (Å²) in [4.78, 5) is 2.56. The van der Waals surface area contributed by atoms with Gasteiger partial charge in [0.05, 0.1) is 0 Å². The predicted octanol–water partition coefficient (Wildman–Crippen LogP) is 2.09. The fourth-order valence-electron chi connectivity index (χ4n) is 2.36.